The number of hydrogen-bond donors (Lipinski definition) is 0. The predicted molar refractivity (Wildman–Crippen MR) is 59.8 cm³/mol. The first-order chi connectivity index (χ1) is 7.06. The van der Waals surface area contributed by atoms with Crippen LogP contribution in [0.5, 0.6) is 5.75 Å². The van der Waals surface area contributed by atoms with Crippen LogP contribution in [-0.4, -0.2) is 32.1 Å². The summed E-state index contributed by atoms with van der Waals surface area (Å²) in [5, 5.41) is 3.32. The molecule has 0 aromatic heterocycles. The Morgan fingerprint density at radius 3 is 2.13 bits per heavy atom. The first-order valence-corrected chi connectivity index (χ1v) is 4.68. The molecule has 1 aromatic rings. The van der Waals surface area contributed by atoms with E-state index in [1.165, 1.54) is 6.92 Å². The van der Waals surface area contributed by atoms with E-state index >= 15 is 0 Å². The van der Waals surface area contributed by atoms with E-state index in [1.807, 2.05) is 31.3 Å². The third-order valence-electron chi connectivity index (χ3n) is 2.35. The molecule has 0 atom stereocenters. The molecular formula is C11H16N2O2. The number of carbonyl (C=O) groups excluding carboxylic acids is 1. The number of hydrazine groups is 1. The molecule has 0 unspecified atom stereocenters. The van der Waals surface area contributed by atoms with Gasteiger partial charge in [0.25, 0.3) is 0 Å². The molecule has 0 fully saturated rings. The maximum atomic E-state index is 11.1. The number of rotatable bonds is 3. The molecule has 0 heterocycles. The minimum Gasteiger partial charge on any atom is -0.497 e. The zero-order chi connectivity index (χ0) is 11.4. The fourth-order valence-electron chi connectivity index (χ4n) is 1.18. The van der Waals surface area contributed by atoms with Crippen molar-refractivity contribution < 1.29 is 9.53 Å². The van der Waals surface area contributed by atoms with E-state index in [9.17, 15) is 4.79 Å². The van der Waals surface area contributed by atoms with Gasteiger partial charge in [-0.25, -0.2) is 0 Å². The van der Waals surface area contributed by atoms with Crippen molar-refractivity contribution in [1.82, 2.24) is 5.01 Å². The van der Waals surface area contributed by atoms with Gasteiger partial charge in [0.05, 0.1) is 12.8 Å². The quantitative estimate of drug-likeness (QED) is 0.706. The number of methoxy groups -OCH3 is 1. The predicted octanol–water partition coefficient (Wildman–Crippen LogP) is 1.52. The number of nitrogens with zero attached hydrogens (tertiary/aromatic N) is 2. The van der Waals surface area contributed by atoms with Gasteiger partial charge in [0, 0.05) is 21.0 Å². The van der Waals surface area contributed by atoms with Gasteiger partial charge in [-0.2, -0.15) is 0 Å². The lowest BCUT2D eigenvalue weighted by Crippen LogP contribution is -2.39. The number of ether oxygens (including phenoxy) is 1. The Labute approximate surface area is 90.0 Å². The normalized spacial score (nSPS) is 9.60. The summed E-state index contributed by atoms with van der Waals surface area (Å²) in [4.78, 5) is 11.1. The van der Waals surface area contributed by atoms with Crippen molar-refractivity contribution in [3.05, 3.63) is 24.3 Å². The van der Waals surface area contributed by atoms with Gasteiger partial charge < -0.3 is 4.74 Å². The topological polar surface area (TPSA) is 32.8 Å². The summed E-state index contributed by atoms with van der Waals surface area (Å²) in [6, 6.07) is 7.52. The molecule has 0 bridgehead atoms. The summed E-state index contributed by atoms with van der Waals surface area (Å²) in [6.45, 7) is 1.53. The summed E-state index contributed by atoms with van der Waals surface area (Å²) in [5.41, 5.74) is 0.938. The highest BCUT2D eigenvalue weighted by Gasteiger charge is 2.09. The van der Waals surface area contributed by atoms with Crippen LogP contribution in [0.2, 0.25) is 0 Å². The fraction of sp³-hybridized carbons (Fsp3) is 0.364. The standard InChI is InChI=1S/C11H16N2O2/c1-9(14)12(2)13(3)10-5-7-11(15-4)8-6-10/h5-8H,1-4H3. The van der Waals surface area contributed by atoms with E-state index < -0.39 is 0 Å². The minimum atomic E-state index is -0.00619. The van der Waals surface area contributed by atoms with Crippen LogP contribution in [0.4, 0.5) is 5.69 Å². The van der Waals surface area contributed by atoms with Crippen LogP contribution in [-0.2, 0) is 4.79 Å². The molecule has 0 saturated heterocycles. The van der Waals surface area contributed by atoms with Gasteiger partial charge in [0.2, 0.25) is 5.91 Å². The number of anilines is 1. The molecule has 1 aromatic carbocycles. The lowest BCUT2D eigenvalue weighted by atomic mass is 10.3. The second-order valence-electron chi connectivity index (χ2n) is 3.26. The lowest BCUT2D eigenvalue weighted by Gasteiger charge is -2.29. The highest BCUT2D eigenvalue weighted by molar-refractivity contribution is 5.75. The number of hydrogen-bond acceptors (Lipinski definition) is 3. The molecule has 4 heteroatoms. The molecule has 0 radical (unpaired) electrons. The van der Waals surface area contributed by atoms with E-state index in [2.05, 4.69) is 0 Å². The second kappa shape index (κ2) is 4.68. The second-order valence-corrected chi connectivity index (χ2v) is 3.26. The van der Waals surface area contributed by atoms with E-state index in [0.29, 0.717) is 0 Å². The SMILES string of the molecule is COc1ccc(N(C)N(C)C(C)=O)cc1. The molecule has 0 N–H and O–H groups in total. The monoisotopic (exact) mass is 208 g/mol. The van der Waals surface area contributed by atoms with Crippen molar-refractivity contribution in [3.63, 3.8) is 0 Å². The first-order valence-electron chi connectivity index (χ1n) is 4.68. The summed E-state index contributed by atoms with van der Waals surface area (Å²) in [6.07, 6.45) is 0. The lowest BCUT2D eigenvalue weighted by molar-refractivity contribution is -0.127. The highest BCUT2D eigenvalue weighted by Crippen LogP contribution is 2.18. The maximum Gasteiger partial charge on any atom is 0.237 e. The average Bonchev–Trinajstić information content (AvgIpc) is 2.27. The third kappa shape index (κ3) is 2.62. The molecule has 4 nitrogen and oxygen atoms in total. The van der Waals surface area contributed by atoms with Crippen LogP contribution in [0.25, 0.3) is 0 Å². The van der Waals surface area contributed by atoms with Crippen LogP contribution in [0.15, 0.2) is 24.3 Å². The Bertz CT molecular complexity index is 335. The van der Waals surface area contributed by atoms with Crippen LogP contribution in [0.3, 0.4) is 0 Å². The smallest absolute Gasteiger partial charge is 0.237 e. The molecule has 0 aliphatic rings. The summed E-state index contributed by atoms with van der Waals surface area (Å²) >= 11 is 0. The highest BCUT2D eigenvalue weighted by atomic mass is 16.5. The molecule has 0 saturated carbocycles. The molecule has 0 aliphatic carbocycles. The Balaban J connectivity index is 2.82. The minimum absolute atomic E-state index is 0.00619. The van der Waals surface area contributed by atoms with Gasteiger partial charge in [-0.1, -0.05) is 0 Å². The molecular weight excluding hydrogens is 192 g/mol. The van der Waals surface area contributed by atoms with Crippen molar-refractivity contribution in [1.29, 1.82) is 0 Å². The Hall–Kier alpha value is -1.71. The maximum absolute atomic E-state index is 11.1. The Morgan fingerprint density at radius 2 is 1.73 bits per heavy atom. The van der Waals surface area contributed by atoms with Crippen molar-refractivity contribution in [2.75, 3.05) is 26.2 Å². The molecule has 0 spiro atoms. The van der Waals surface area contributed by atoms with Gasteiger partial charge >= 0.3 is 0 Å². The zero-order valence-electron chi connectivity index (χ0n) is 9.52. The number of amides is 1. The van der Waals surface area contributed by atoms with Crippen molar-refractivity contribution in [2.24, 2.45) is 0 Å². The molecule has 82 valence electrons. The fourth-order valence-corrected chi connectivity index (χ4v) is 1.18. The van der Waals surface area contributed by atoms with Crippen LogP contribution in [0, 0.1) is 0 Å². The van der Waals surface area contributed by atoms with Gasteiger partial charge in [-0.05, 0) is 24.3 Å². The van der Waals surface area contributed by atoms with E-state index in [4.69, 9.17) is 4.74 Å². The van der Waals surface area contributed by atoms with Gasteiger partial charge in [0.15, 0.2) is 0 Å². The average molecular weight is 208 g/mol. The van der Waals surface area contributed by atoms with Crippen molar-refractivity contribution in [2.45, 2.75) is 6.92 Å². The largest absolute Gasteiger partial charge is 0.497 e. The van der Waals surface area contributed by atoms with E-state index in [1.54, 1.807) is 24.2 Å². The van der Waals surface area contributed by atoms with Crippen molar-refractivity contribution >= 4 is 11.6 Å². The van der Waals surface area contributed by atoms with Crippen LogP contribution in [0.1, 0.15) is 6.92 Å². The molecule has 1 amide bonds. The number of carbonyl (C=O) groups is 1. The summed E-state index contributed by atoms with van der Waals surface area (Å²) in [7, 11) is 5.19. The number of benzene rings is 1. The van der Waals surface area contributed by atoms with E-state index in [0.717, 1.165) is 11.4 Å². The Kier molecular flexibility index (Phi) is 3.55. The van der Waals surface area contributed by atoms with Crippen LogP contribution < -0.4 is 9.75 Å². The van der Waals surface area contributed by atoms with E-state index in [-0.39, 0.29) is 5.91 Å². The first kappa shape index (κ1) is 11.4. The summed E-state index contributed by atoms with van der Waals surface area (Å²) < 4.78 is 5.06. The summed E-state index contributed by atoms with van der Waals surface area (Å²) in [5.74, 6) is 0.797. The van der Waals surface area contributed by atoms with Gasteiger partial charge in [-0.15, -0.1) is 0 Å². The molecule has 15 heavy (non-hydrogen) atoms. The molecule has 1 rings (SSSR count). The van der Waals surface area contributed by atoms with Gasteiger partial charge in [0.1, 0.15) is 5.75 Å². The van der Waals surface area contributed by atoms with Crippen molar-refractivity contribution in [3.8, 4) is 5.75 Å². The molecule has 0 aliphatic heterocycles. The third-order valence-corrected chi connectivity index (χ3v) is 2.35. The van der Waals surface area contributed by atoms with Gasteiger partial charge in [-0.3, -0.25) is 14.8 Å². The zero-order valence-corrected chi connectivity index (χ0v) is 9.52. The Morgan fingerprint density at radius 1 is 1.20 bits per heavy atom. The van der Waals surface area contributed by atoms with Crippen LogP contribution >= 0.6 is 0 Å².